The van der Waals surface area contributed by atoms with Crippen molar-refractivity contribution in [2.24, 2.45) is 5.92 Å². The minimum absolute atomic E-state index is 0.0509. The number of rotatable bonds is 4. The summed E-state index contributed by atoms with van der Waals surface area (Å²) in [4.78, 5) is 10.6. The van der Waals surface area contributed by atoms with E-state index in [4.69, 9.17) is 14.8 Å². The number of furan rings is 1. The van der Waals surface area contributed by atoms with Crippen LogP contribution in [-0.4, -0.2) is 17.1 Å². The highest BCUT2D eigenvalue weighted by Crippen LogP contribution is 2.25. The summed E-state index contributed by atoms with van der Waals surface area (Å²) in [5.41, 5.74) is 0. The number of hydrogen-bond acceptors (Lipinski definition) is 4. The van der Waals surface area contributed by atoms with Crippen molar-refractivity contribution >= 4 is 5.97 Å². The molecule has 1 aromatic heterocycles. The molecular formula is C12H14N2O3. The molecule has 0 aromatic carbocycles. The molecule has 1 aromatic rings. The minimum Gasteiger partial charge on any atom is -0.475 e. The lowest BCUT2D eigenvalue weighted by molar-refractivity contribution is 0.0660. The lowest BCUT2D eigenvalue weighted by atomic mass is 10.1. The van der Waals surface area contributed by atoms with Crippen molar-refractivity contribution in [2.45, 2.75) is 31.8 Å². The van der Waals surface area contributed by atoms with Gasteiger partial charge >= 0.3 is 5.97 Å². The number of aromatic carboxylic acids is 1. The second kappa shape index (κ2) is 5.02. The van der Waals surface area contributed by atoms with E-state index < -0.39 is 5.97 Å². The standard InChI is InChI=1S/C12H14N2O3/c13-6-8-2-1-3-10(8)14-7-9-4-5-11(17-9)12(15)16/h4-5,8,10,14H,1-3,7H2,(H,15,16). The summed E-state index contributed by atoms with van der Waals surface area (Å²) in [5.74, 6) is -0.466. The zero-order valence-electron chi connectivity index (χ0n) is 9.35. The van der Waals surface area contributed by atoms with Crippen LogP contribution in [0, 0.1) is 17.2 Å². The van der Waals surface area contributed by atoms with Gasteiger partial charge in [-0.15, -0.1) is 0 Å². The Bertz CT molecular complexity index is 447. The molecule has 2 rings (SSSR count). The Balaban J connectivity index is 1.89. The summed E-state index contributed by atoms with van der Waals surface area (Å²) < 4.78 is 5.13. The van der Waals surface area contributed by atoms with E-state index in [-0.39, 0.29) is 17.7 Å². The molecule has 0 saturated heterocycles. The van der Waals surface area contributed by atoms with Gasteiger partial charge in [-0.05, 0) is 25.0 Å². The monoisotopic (exact) mass is 234 g/mol. The normalized spacial score (nSPS) is 23.5. The zero-order chi connectivity index (χ0) is 12.3. The topological polar surface area (TPSA) is 86.3 Å². The Kier molecular flexibility index (Phi) is 3.45. The minimum atomic E-state index is -1.06. The molecule has 0 aliphatic heterocycles. The number of carboxylic acids is 1. The van der Waals surface area contributed by atoms with E-state index >= 15 is 0 Å². The zero-order valence-corrected chi connectivity index (χ0v) is 9.35. The van der Waals surface area contributed by atoms with Crippen LogP contribution < -0.4 is 5.32 Å². The van der Waals surface area contributed by atoms with E-state index in [0.717, 1.165) is 19.3 Å². The summed E-state index contributed by atoms with van der Waals surface area (Å²) in [6, 6.07) is 5.57. The van der Waals surface area contributed by atoms with Crippen LogP contribution in [0.25, 0.3) is 0 Å². The van der Waals surface area contributed by atoms with Gasteiger partial charge in [-0.1, -0.05) is 6.42 Å². The quantitative estimate of drug-likeness (QED) is 0.828. The predicted octanol–water partition coefficient (Wildman–Crippen LogP) is 1.76. The van der Waals surface area contributed by atoms with Crippen molar-refractivity contribution in [3.63, 3.8) is 0 Å². The first kappa shape index (κ1) is 11.7. The summed E-state index contributed by atoms with van der Waals surface area (Å²) in [6.45, 7) is 0.468. The average Bonchev–Trinajstić information content (AvgIpc) is 2.95. The number of carbonyl (C=O) groups is 1. The molecule has 17 heavy (non-hydrogen) atoms. The van der Waals surface area contributed by atoms with Crippen LogP contribution in [0.5, 0.6) is 0 Å². The van der Waals surface area contributed by atoms with Crippen molar-refractivity contribution in [2.75, 3.05) is 0 Å². The van der Waals surface area contributed by atoms with E-state index in [0.29, 0.717) is 12.3 Å². The summed E-state index contributed by atoms with van der Waals surface area (Å²) in [7, 11) is 0. The molecule has 5 heteroatoms. The molecule has 1 heterocycles. The Morgan fingerprint density at radius 2 is 2.41 bits per heavy atom. The van der Waals surface area contributed by atoms with Gasteiger partial charge in [0.15, 0.2) is 0 Å². The third-order valence-electron chi connectivity index (χ3n) is 3.09. The van der Waals surface area contributed by atoms with Crippen LogP contribution in [0.1, 0.15) is 35.6 Å². The third-order valence-corrected chi connectivity index (χ3v) is 3.09. The highest BCUT2D eigenvalue weighted by molar-refractivity contribution is 5.84. The van der Waals surface area contributed by atoms with Crippen molar-refractivity contribution in [3.8, 4) is 6.07 Å². The number of hydrogen-bond donors (Lipinski definition) is 2. The first-order chi connectivity index (χ1) is 8.20. The van der Waals surface area contributed by atoms with Gasteiger partial charge in [0.05, 0.1) is 18.5 Å². The fourth-order valence-electron chi connectivity index (χ4n) is 2.18. The van der Waals surface area contributed by atoms with Gasteiger partial charge in [-0.2, -0.15) is 5.26 Å². The average molecular weight is 234 g/mol. The fraction of sp³-hybridized carbons (Fsp3) is 0.500. The van der Waals surface area contributed by atoms with E-state index in [9.17, 15) is 4.79 Å². The van der Waals surface area contributed by atoms with Crippen molar-refractivity contribution in [1.82, 2.24) is 5.32 Å². The van der Waals surface area contributed by atoms with Crippen molar-refractivity contribution in [3.05, 3.63) is 23.7 Å². The molecule has 5 nitrogen and oxygen atoms in total. The number of carboxylic acid groups (broad SMARTS) is 1. The maximum Gasteiger partial charge on any atom is 0.371 e. The predicted molar refractivity (Wildman–Crippen MR) is 59.2 cm³/mol. The van der Waals surface area contributed by atoms with Gasteiger partial charge in [0.2, 0.25) is 5.76 Å². The molecule has 0 radical (unpaired) electrons. The molecule has 2 atom stereocenters. The second-order valence-electron chi connectivity index (χ2n) is 4.23. The summed E-state index contributed by atoms with van der Waals surface area (Å²) in [5, 5.41) is 20.9. The molecule has 90 valence electrons. The van der Waals surface area contributed by atoms with Gasteiger partial charge in [0.1, 0.15) is 5.76 Å². The van der Waals surface area contributed by atoms with E-state index in [1.54, 1.807) is 6.07 Å². The molecule has 1 fully saturated rings. The second-order valence-corrected chi connectivity index (χ2v) is 4.23. The Morgan fingerprint density at radius 1 is 1.59 bits per heavy atom. The van der Waals surface area contributed by atoms with Crippen LogP contribution in [0.4, 0.5) is 0 Å². The van der Waals surface area contributed by atoms with E-state index in [1.807, 2.05) is 0 Å². The van der Waals surface area contributed by atoms with Crippen LogP contribution >= 0.6 is 0 Å². The third kappa shape index (κ3) is 2.66. The number of nitriles is 1. The smallest absolute Gasteiger partial charge is 0.371 e. The highest BCUT2D eigenvalue weighted by Gasteiger charge is 2.26. The molecule has 1 aliphatic rings. The van der Waals surface area contributed by atoms with Gasteiger partial charge in [-0.3, -0.25) is 0 Å². The molecule has 1 saturated carbocycles. The molecule has 0 amide bonds. The van der Waals surface area contributed by atoms with Gasteiger partial charge in [0.25, 0.3) is 0 Å². The van der Waals surface area contributed by atoms with Crippen LogP contribution in [0.3, 0.4) is 0 Å². The molecule has 2 unspecified atom stereocenters. The van der Waals surface area contributed by atoms with Crippen LogP contribution in [-0.2, 0) is 6.54 Å². The first-order valence-corrected chi connectivity index (χ1v) is 5.65. The van der Waals surface area contributed by atoms with Crippen molar-refractivity contribution < 1.29 is 14.3 Å². The van der Waals surface area contributed by atoms with E-state index in [1.165, 1.54) is 6.07 Å². The largest absolute Gasteiger partial charge is 0.475 e. The molecule has 0 bridgehead atoms. The van der Waals surface area contributed by atoms with Gasteiger partial charge < -0.3 is 14.8 Å². The van der Waals surface area contributed by atoms with Gasteiger partial charge in [0, 0.05) is 6.04 Å². The van der Waals surface area contributed by atoms with Crippen LogP contribution in [0.15, 0.2) is 16.5 Å². The lowest BCUT2D eigenvalue weighted by Crippen LogP contribution is -2.31. The van der Waals surface area contributed by atoms with Crippen LogP contribution in [0.2, 0.25) is 0 Å². The fourth-order valence-corrected chi connectivity index (χ4v) is 2.18. The Hall–Kier alpha value is -1.80. The van der Waals surface area contributed by atoms with E-state index in [2.05, 4.69) is 11.4 Å². The van der Waals surface area contributed by atoms with Gasteiger partial charge in [-0.25, -0.2) is 4.79 Å². The first-order valence-electron chi connectivity index (χ1n) is 5.65. The molecule has 1 aliphatic carbocycles. The Labute approximate surface area is 99.0 Å². The van der Waals surface area contributed by atoms with Crippen molar-refractivity contribution in [1.29, 1.82) is 5.26 Å². The maximum absolute atomic E-state index is 10.6. The number of nitrogens with zero attached hydrogens (tertiary/aromatic N) is 1. The highest BCUT2D eigenvalue weighted by atomic mass is 16.4. The lowest BCUT2D eigenvalue weighted by Gasteiger charge is -2.14. The SMILES string of the molecule is N#CC1CCCC1NCc1ccc(C(=O)O)o1. The summed E-state index contributed by atoms with van der Waals surface area (Å²) >= 11 is 0. The number of nitrogens with one attached hydrogen (secondary N) is 1. The molecule has 0 spiro atoms. The Morgan fingerprint density at radius 3 is 3.06 bits per heavy atom. The summed E-state index contributed by atoms with van der Waals surface area (Å²) in [6.07, 6.45) is 2.99. The molecule has 2 N–H and O–H groups in total. The maximum atomic E-state index is 10.6. The molecular weight excluding hydrogens is 220 g/mol.